The third-order valence-electron chi connectivity index (χ3n) is 2.39. The first-order chi connectivity index (χ1) is 8.27. The van der Waals surface area contributed by atoms with Gasteiger partial charge in [-0.05, 0) is 26.0 Å². The molecule has 0 fully saturated rings. The Hall–Kier alpha value is -2.62. The van der Waals surface area contributed by atoms with Gasteiger partial charge in [0.1, 0.15) is 17.2 Å². The molecule has 0 unspecified atom stereocenters. The Morgan fingerprint density at radius 1 is 1.56 bits per heavy atom. The first kappa shape index (κ1) is 13.4. The predicted octanol–water partition coefficient (Wildman–Crippen LogP) is 1.14. The number of hydrogen-bond donors (Lipinski definition) is 2. The number of benzene rings is 1. The maximum atomic E-state index is 11.1. The predicted molar refractivity (Wildman–Crippen MR) is 64.7 cm³/mol. The molecule has 1 aromatic rings. The summed E-state index contributed by atoms with van der Waals surface area (Å²) in [6.45, 7) is 3.14. The van der Waals surface area contributed by atoms with Gasteiger partial charge in [-0.1, -0.05) is 0 Å². The van der Waals surface area contributed by atoms with Crippen LogP contribution in [0.1, 0.15) is 19.4 Å². The molecule has 0 aliphatic heterocycles. The van der Waals surface area contributed by atoms with E-state index in [0.717, 1.165) is 0 Å². The maximum absolute atomic E-state index is 11.1. The average Bonchev–Trinajstić information content (AvgIpc) is 2.27. The van der Waals surface area contributed by atoms with Crippen LogP contribution in [0.2, 0.25) is 0 Å². The van der Waals surface area contributed by atoms with Crippen LogP contribution in [0.3, 0.4) is 0 Å². The van der Waals surface area contributed by atoms with Gasteiger partial charge in [0.25, 0.3) is 5.69 Å². The van der Waals surface area contributed by atoms with Crippen molar-refractivity contribution in [3.8, 4) is 6.07 Å². The number of nitro groups is 1. The van der Waals surface area contributed by atoms with Crippen molar-refractivity contribution in [2.75, 3.05) is 5.32 Å². The van der Waals surface area contributed by atoms with Crippen LogP contribution in [0.15, 0.2) is 18.2 Å². The summed E-state index contributed by atoms with van der Waals surface area (Å²) in [5.74, 6) is -0.570. The molecule has 1 aromatic carbocycles. The van der Waals surface area contributed by atoms with E-state index in [1.54, 1.807) is 19.9 Å². The van der Waals surface area contributed by atoms with Crippen LogP contribution >= 0.6 is 0 Å². The summed E-state index contributed by atoms with van der Waals surface area (Å²) in [7, 11) is 0. The Balaban J connectivity index is 3.12. The van der Waals surface area contributed by atoms with Gasteiger partial charge in [-0.2, -0.15) is 5.26 Å². The van der Waals surface area contributed by atoms with Gasteiger partial charge in [-0.3, -0.25) is 14.9 Å². The van der Waals surface area contributed by atoms with Crippen LogP contribution in [-0.4, -0.2) is 16.4 Å². The molecule has 94 valence electrons. The lowest BCUT2D eigenvalue weighted by molar-refractivity contribution is -0.385. The van der Waals surface area contributed by atoms with E-state index in [1.807, 2.05) is 0 Å². The van der Waals surface area contributed by atoms with Crippen LogP contribution in [0.5, 0.6) is 0 Å². The first-order valence-corrected chi connectivity index (χ1v) is 5.04. The Bertz CT molecular complexity index is 546. The molecule has 0 aliphatic carbocycles. The zero-order valence-electron chi connectivity index (χ0n) is 9.93. The van der Waals surface area contributed by atoms with Crippen LogP contribution in [0.25, 0.3) is 0 Å². The summed E-state index contributed by atoms with van der Waals surface area (Å²) in [6.07, 6.45) is 0. The zero-order valence-corrected chi connectivity index (χ0v) is 9.93. The highest BCUT2D eigenvalue weighted by molar-refractivity contribution is 5.87. The van der Waals surface area contributed by atoms with Gasteiger partial charge >= 0.3 is 0 Å². The molecule has 0 radical (unpaired) electrons. The van der Waals surface area contributed by atoms with Gasteiger partial charge in [-0.15, -0.1) is 0 Å². The number of nitro benzene ring substituents is 1. The molecule has 0 bridgehead atoms. The highest BCUT2D eigenvalue weighted by Crippen LogP contribution is 2.23. The number of carbonyl (C=O) groups excluding carboxylic acids is 1. The summed E-state index contributed by atoms with van der Waals surface area (Å²) in [5.41, 5.74) is 4.24. The first-order valence-electron chi connectivity index (χ1n) is 5.04. The Labute approximate surface area is 103 Å². The van der Waals surface area contributed by atoms with Crippen LogP contribution in [-0.2, 0) is 4.79 Å². The lowest BCUT2D eigenvalue weighted by Gasteiger charge is -2.23. The molecule has 7 heteroatoms. The lowest BCUT2D eigenvalue weighted by atomic mass is 10.0. The average molecular weight is 248 g/mol. The van der Waals surface area contributed by atoms with Crippen molar-refractivity contribution < 1.29 is 9.72 Å². The van der Waals surface area contributed by atoms with Crippen molar-refractivity contribution in [3.05, 3.63) is 33.9 Å². The Morgan fingerprint density at radius 2 is 2.17 bits per heavy atom. The Kier molecular flexibility index (Phi) is 3.52. The molecule has 0 saturated heterocycles. The highest BCUT2D eigenvalue weighted by atomic mass is 16.6. The largest absolute Gasteiger partial charge is 0.372 e. The lowest BCUT2D eigenvalue weighted by Crippen LogP contribution is -2.45. The summed E-state index contributed by atoms with van der Waals surface area (Å²) in [5, 5.41) is 22.3. The normalized spacial score (nSPS) is 10.5. The van der Waals surface area contributed by atoms with Crippen molar-refractivity contribution in [2.45, 2.75) is 19.4 Å². The molecule has 0 atom stereocenters. The second-order valence-corrected chi connectivity index (χ2v) is 4.22. The van der Waals surface area contributed by atoms with E-state index < -0.39 is 16.4 Å². The van der Waals surface area contributed by atoms with Gasteiger partial charge in [0, 0.05) is 11.8 Å². The van der Waals surface area contributed by atoms with Gasteiger partial charge in [-0.25, -0.2) is 0 Å². The minimum Gasteiger partial charge on any atom is -0.372 e. The van der Waals surface area contributed by atoms with Crippen molar-refractivity contribution in [1.82, 2.24) is 0 Å². The van der Waals surface area contributed by atoms with Gasteiger partial charge in [0.2, 0.25) is 5.91 Å². The minimum absolute atomic E-state index is 0.0785. The van der Waals surface area contributed by atoms with Gasteiger partial charge in [0.05, 0.1) is 4.92 Å². The molecule has 0 saturated carbocycles. The van der Waals surface area contributed by atoms with E-state index in [0.29, 0.717) is 5.69 Å². The fraction of sp³-hybridized carbons (Fsp3) is 0.273. The maximum Gasteiger partial charge on any atom is 0.287 e. The van der Waals surface area contributed by atoms with E-state index in [1.165, 1.54) is 18.2 Å². The van der Waals surface area contributed by atoms with Crippen molar-refractivity contribution in [2.24, 2.45) is 5.73 Å². The number of nitriles is 1. The quantitative estimate of drug-likeness (QED) is 0.611. The molecule has 7 nitrogen and oxygen atoms in total. The molecule has 0 aliphatic rings. The summed E-state index contributed by atoms with van der Waals surface area (Å²) in [4.78, 5) is 21.1. The fourth-order valence-electron chi connectivity index (χ4n) is 1.28. The summed E-state index contributed by atoms with van der Waals surface area (Å²) < 4.78 is 0. The second kappa shape index (κ2) is 4.71. The standard InChI is InChI=1S/C11H12N4O3/c1-11(2,10(13)16)14-8-3-4-9(15(17)18)7(5-8)6-12/h3-5,14H,1-2H3,(H2,13,16). The molecule has 0 spiro atoms. The number of primary amides is 1. The Morgan fingerprint density at radius 3 is 2.61 bits per heavy atom. The number of rotatable bonds is 4. The van der Waals surface area contributed by atoms with Crippen LogP contribution < -0.4 is 11.1 Å². The van der Waals surface area contributed by atoms with E-state index in [4.69, 9.17) is 11.0 Å². The number of anilines is 1. The minimum atomic E-state index is -1.01. The van der Waals surface area contributed by atoms with Crippen LogP contribution in [0, 0.1) is 21.4 Å². The van der Waals surface area contributed by atoms with Crippen molar-refractivity contribution in [3.63, 3.8) is 0 Å². The molecule has 1 rings (SSSR count). The number of nitrogens with one attached hydrogen (secondary N) is 1. The third-order valence-corrected chi connectivity index (χ3v) is 2.39. The SMILES string of the molecule is CC(C)(Nc1ccc([N+](=O)[O-])c(C#N)c1)C(N)=O. The number of amides is 1. The second-order valence-electron chi connectivity index (χ2n) is 4.22. The number of nitrogens with zero attached hydrogens (tertiary/aromatic N) is 2. The van der Waals surface area contributed by atoms with E-state index in [2.05, 4.69) is 5.32 Å². The molecule has 3 N–H and O–H groups in total. The number of nitrogens with two attached hydrogens (primary N) is 1. The van der Waals surface area contributed by atoms with Crippen LogP contribution in [0.4, 0.5) is 11.4 Å². The summed E-state index contributed by atoms with van der Waals surface area (Å²) >= 11 is 0. The van der Waals surface area contributed by atoms with Crippen molar-refractivity contribution in [1.29, 1.82) is 5.26 Å². The van der Waals surface area contributed by atoms with Gasteiger partial charge < -0.3 is 11.1 Å². The summed E-state index contributed by atoms with van der Waals surface area (Å²) in [6, 6.07) is 5.67. The van der Waals surface area contributed by atoms with E-state index in [-0.39, 0.29) is 11.3 Å². The molecule has 1 amide bonds. The van der Waals surface area contributed by atoms with E-state index in [9.17, 15) is 14.9 Å². The monoisotopic (exact) mass is 248 g/mol. The molecular formula is C11H12N4O3. The van der Waals surface area contributed by atoms with Gasteiger partial charge in [0.15, 0.2) is 0 Å². The van der Waals surface area contributed by atoms with E-state index >= 15 is 0 Å². The molecule has 0 aromatic heterocycles. The third kappa shape index (κ3) is 2.74. The fourth-order valence-corrected chi connectivity index (χ4v) is 1.28. The zero-order chi connectivity index (χ0) is 13.9. The molecule has 0 heterocycles. The van der Waals surface area contributed by atoms with Crippen molar-refractivity contribution >= 4 is 17.3 Å². The molecule has 18 heavy (non-hydrogen) atoms. The topological polar surface area (TPSA) is 122 Å². The highest BCUT2D eigenvalue weighted by Gasteiger charge is 2.25. The molecular weight excluding hydrogens is 236 g/mol. The number of carbonyl (C=O) groups is 1. The smallest absolute Gasteiger partial charge is 0.287 e. The number of hydrogen-bond acceptors (Lipinski definition) is 5.